The van der Waals surface area contributed by atoms with E-state index in [9.17, 15) is 4.79 Å². The van der Waals surface area contributed by atoms with Gasteiger partial charge in [0.05, 0.1) is 5.03 Å². The van der Waals surface area contributed by atoms with E-state index in [0.29, 0.717) is 5.57 Å². The van der Waals surface area contributed by atoms with Gasteiger partial charge in [-0.05, 0) is 18.6 Å². The van der Waals surface area contributed by atoms with Crippen LogP contribution in [-0.2, 0) is 4.79 Å². The van der Waals surface area contributed by atoms with Gasteiger partial charge in [-0.15, -0.1) is 24.0 Å². The molecule has 0 spiro atoms. The molecule has 0 aromatic heterocycles. The van der Waals surface area contributed by atoms with Crippen molar-refractivity contribution in [1.82, 2.24) is 0 Å². The maximum absolute atomic E-state index is 11.2. The highest BCUT2D eigenvalue weighted by Crippen LogP contribution is 2.24. The van der Waals surface area contributed by atoms with Crippen LogP contribution in [0.15, 0.2) is 22.8 Å². The van der Waals surface area contributed by atoms with E-state index in [1.54, 1.807) is 13.0 Å². The van der Waals surface area contributed by atoms with Gasteiger partial charge in [-0.1, -0.05) is 17.7 Å². The Kier molecular flexibility index (Phi) is 5.00. The van der Waals surface area contributed by atoms with Crippen LogP contribution in [0.3, 0.4) is 0 Å². The lowest BCUT2D eigenvalue weighted by Crippen LogP contribution is -2.30. The van der Waals surface area contributed by atoms with Crippen LogP contribution in [0.1, 0.15) is 6.92 Å². The normalized spacial score (nSPS) is 24.3. The van der Waals surface area contributed by atoms with Gasteiger partial charge in [0.15, 0.2) is 5.78 Å². The molecule has 1 rings (SSSR count). The Hall–Kier alpha value is -0.0200. The minimum absolute atomic E-state index is 0. The summed E-state index contributed by atoms with van der Waals surface area (Å²) in [6, 6.07) is -0.211. The molecule has 1 aliphatic rings. The Morgan fingerprint density at radius 3 is 2.54 bits per heavy atom. The third kappa shape index (κ3) is 2.71. The number of carbonyl (C=O) groups excluding carboxylic acids is 1. The molecular formula is C8H10Cl3NO. The van der Waals surface area contributed by atoms with Crippen molar-refractivity contribution in [2.24, 2.45) is 5.73 Å². The van der Waals surface area contributed by atoms with Crippen molar-refractivity contribution in [2.75, 3.05) is 0 Å². The van der Waals surface area contributed by atoms with Gasteiger partial charge >= 0.3 is 0 Å². The lowest BCUT2D eigenvalue weighted by atomic mass is 9.98. The second-order valence-corrected chi connectivity index (χ2v) is 3.54. The average Bonchev–Trinajstić information content (AvgIpc) is 2.00. The molecule has 2 atom stereocenters. The van der Waals surface area contributed by atoms with E-state index < -0.39 is 5.38 Å². The summed E-state index contributed by atoms with van der Waals surface area (Å²) in [4.78, 5) is 11.2. The zero-order valence-electron chi connectivity index (χ0n) is 6.96. The van der Waals surface area contributed by atoms with E-state index in [1.165, 1.54) is 6.08 Å². The minimum Gasteiger partial charge on any atom is -0.324 e. The molecule has 0 heterocycles. The van der Waals surface area contributed by atoms with Gasteiger partial charge in [0.1, 0.15) is 5.38 Å². The molecule has 0 amide bonds. The average molecular weight is 243 g/mol. The van der Waals surface area contributed by atoms with Crippen LogP contribution in [0, 0.1) is 0 Å². The van der Waals surface area contributed by atoms with E-state index in [0.717, 1.165) is 0 Å². The van der Waals surface area contributed by atoms with Crippen molar-refractivity contribution in [1.29, 1.82) is 0 Å². The monoisotopic (exact) mass is 241 g/mol. The van der Waals surface area contributed by atoms with E-state index >= 15 is 0 Å². The fourth-order valence-corrected chi connectivity index (χ4v) is 1.61. The summed E-state index contributed by atoms with van der Waals surface area (Å²) in [7, 11) is 0. The number of alkyl halides is 1. The number of hydrogen-bond acceptors (Lipinski definition) is 2. The summed E-state index contributed by atoms with van der Waals surface area (Å²) in [5.74, 6) is -0.270. The standard InChI is InChI=1S/C8H9Cl2NO.ClH/c1-4(11)5-2-3-6(9)8(12)7(5)10;/h2-4,7H,11H2,1H3;1H/t4-,7?;/m0./s1. The molecule has 2 N–H and O–H groups in total. The highest BCUT2D eigenvalue weighted by atomic mass is 35.5. The second kappa shape index (κ2) is 5.01. The zero-order valence-corrected chi connectivity index (χ0v) is 9.29. The molecule has 0 aliphatic heterocycles. The maximum atomic E-state index is 11.2. The van der Waals surface area contributed by atoms with E-state index in [2.05, 4.69) is 0 Å². The molecule has 0 bridgehead atoms. The number of nitrogens with two attached hydrogens (primary N) is 1. The Morgan fingerprint density at radius 2 is 2.08 bits per heavy atom. The lowest BCUT2D eigenvalue weighted by molar-refractivity contribution is -0.114. The zero-order chi connectivity index (χ0) is 9.30. The molecule has 0 aromatic carbocycles. The third-order valence-electron chi connectivity index (χ3n) is 1.71. The Morgan fingerprint density at radius 1 is 1.54 bits per heavy atom. The summed E-state index contributed by atoms with van der Waals surface area (Å²) in [5.41, 5.74) is 6.30. The van der Waals surface area contributed by atoms with Crippen molar-refractivity contribution in [2.45, 2.75) is 18.3 Å². The van der Waals surface area contributed by atoms with Crippen LogP contribution in [0.5, 0.6) is 0 Å². The van der Waals surface area contributed by atoms with Crippen LogP contribution in [0.4, 0.5) is 0 Å². The van der Waals surface area contributed by atoms with E-state index in [-0.39, 0.29) is 29.3 Å². The molecular weight excluding hydrogens is 232 g/mol. The Bertz CT molecular complexity index is 271. The minimum atomic E-state index is -0.692. The van der Waals surface area contributed by atoms with E-state index in [1.807, 2.05) is 0 Å². The molecule has 1 unspecified atom stereocenters. The predicted molar refractivity (Wildman–Crippen MR) is 57.6 cm³/mol. The number of hydrogen-bond donors (Lipinski definition) is 1. The van der Waals surface area contributed by atoms with Crippen LogP contribution in [0.25, 0.3) is 0 Å². The first-order chi connectivity index (χ1) is 5.54. The van der Waals surface area contributed by atoms with Gasteiger partial charge in [0, 0.05) is 6.04 Å². The SMILES string of the molecule is C[C@H](N)C1=CC=C(Cl)C(=O)C1Cl.Cl. The number of carbonyl (C=O) groups is 1. The molecule has 0 aromatic rings. The highest BCUT2D eigenvalue weighted by molar-refractivity contribution is 6.49. The summed E-state index contributed by atoms with van der Waals surface area (Å²) in [6.45, 7) is 1.78. The summed E-state index contributed by atoms with van der Waals surface area (Å²) in [5, 5.41) is -0.526. The molecule has 0 saturated carbocycles. The first kappa shape index (κ1) is 13.0. The van der Waals surface area contributed by atoms with Gasteiger partial charge in [-0.2, -0.15) is 0 Å². The maximum Gasteiger partial charge on any atom is 0.196 e. The van der Waals surface area contributed by atoms with Gasteiger partial charge in [0.2, 0.25) is 0 Å². The lowest BCUT2D eigenvalue weighted by Gasteiger charge is -2.18. The quantitative estimate of drug-likeness (QED) is 0.715. The molecule has 0 fully saturated rings. The molecule has 0 radical (unpaired) electrons. The molecule has 5 heteroatoms. The number of halogens is 3. The van der Waals surface area contributed by atoms with Crippen LogP contribution >= 0.6 is 35.6 Å². The first-order valence-corrected chi connectivity index (χ1v) is 4.36. The summed E-state index contributed by atoms with van der Waals surface area (Å²) in [6.07, 6.45) is 3.23. The highest BCUT2D eigenvalue weighted by Gasteiger charge is 2.26. The van der Waals surface area contributed by atoms with Crippen LogP contribution in [-0.4, -0.2) is 17.2 Å². The van der Waals surface area contributed by atoms with Gasteiger partial charge in [-0.3, -0.25) is 4.79 Å². The molecule has 0 saturated heterocycles. The van der Waals surface area contributed by atoms with Gasteiger partial charge in [-0.25, -0.2) is 0 Å². The van der Waals surface area contributed by atoms with Crippen molar-refractivity contribution in [3.8, 4) is 0 Å². The number of allylic oxidation sites excluding steroid dienone is 3. The number of ketones is 1. The number of Topliss-reactive ketones (excluding diaryl/α,β-unsaturated/α-hetero) is 1. The Labute approximate surface area is 93.2 Å². The largest absolute Gasteiger partial charge is 0.324 e. The first-order valence-electron chi connectivity index (χ1n) is 3.55. The van der Waals surface area contributed by atoms with Crippen molar-refractivity contribution < 1.29 is 4.79 Å². The van der Waals surface area contributed by atoms with Crippen LogP contribution in [0.2, 0.25) is 0 Å². The third-order valence-corrected chi connectivity index (χ3v) is 2.47. The Balaban J connectivity index is 0.00000144. The van der Waals surface area contributed by atoms with Gasteiger partial charge in [0.25, 0.3) is 0 Å². The predicted octanol–water partition coefficient (Wildman–Crippen LogP) is 1.99. The van der Waals surface area contributed by atoms with Crippen molar-refractivity contribution >= 4 is 41.4 Å². The molecule has 13 heavy (non-hydrogen) atoms. The van der Waals surface area contributed by atoms with Crippen LogP contribution < -0.4 is 5.73 Å². The summed E-state index contributed by atoms with van der Waals surface area (Å²) >= 11 is 11.4. The van der Waals surface area contributed by atoms with Crippen molar-refractivity contribution in [3.05, 3.63) is 22.8 Å². The smallest absolute Gasteiger partial charge is 0.196 e. The second-order valence-electron chi connectivity index (χ2n) is 2.70. The van der Waals surface area contributed by atoms with E-state index in [4.69, 9.17) is 28.9 Å². The van der Waals surface area contributed by atoms with Gasteiger partial charge < -0.3 is 5.73 Å². The fourth-order valence-electron chi connectivity index (χ4n) is 0.991. The fraction of sp³-hybridized carbons (Fsp3) is 0.375. The molecule has 1 aliphatic carbocycles. The molecule has 2 nitrogen and oxygen atoms in total. The number of rotatable bonds is 1. The summed E-state index contributed by atoms with van der Waals surface area (Å²) < 4.78 is 0. The van der Waals surface area contributed by atoms with Crippen molar-refractivity contribution in [3.63, 3.8) is 0 Å². The topological polar surface area (TPSA) is 43.1 Å². The molecule has 74 valence electrons.